The molecule has 2 aliphatic heterocycles. The van der Waals surface area contributed by atoms with E-state index in [-0.39, 0.29) is 0 Å². The molecule has 2 fully saturated rings. The Bertz CT molecular complexity index is 1400. The second-order valence-electron chi connectivity index (χ2n) is 9.89. The van der Waals surface area contributed by atoms with Gasteiger partial charge in [-0.3, -0.25) is 4.98 Å². The number of rotatable bonds is 6. The van der Waals surface area contributed by atoms with Crippen molar-refractivity contribution in [2.45, 2.75) is 39.5 Å². The Balaban J connectivity index is 1.31. The molecule has 9 heteroatoms. The number of oxazole rings is 2. The Kier molecular flexibility index (Phi) is 5.83. The van der Waals surface area contributed by atoms with Crippen molar-refractivity contribution in [1.29, 1.82) is 0 Å². The van der Waals surface area contributed by atoms with Crippen LogP contribution < -0.4 is 15.1 Å². The third-order valence-electron chi connectivity index (χ3n) is 6.94. The maximum atomic E-state index is 6.17. The number of piperidine rings is 1. The molecule has 0 saturated carbocycles. The zero-order valence-corrected chi connectivity index (χ0v) is 20.8. The minimum Gasteiger partial charge on any atom is -0.444 e. The molecule has 0 unspecified atom stereocenters. The Hall–Kier alpha value is -3.88. The van der Waals surface area contributed by atoms with Crippen molar-refractivity contribution in [3.8, 4) is 11.5 Å². The molecule has 2 saturated heterocycles. The van der Waals surface area contributed by atoms with Crippen LogP contribution in [0.15, 0.2) is 46.1 Å². The first kappa shape index (κ1) is 22.6. The largest absolute Gasteiger partial charge is 0.444 e. The van der Waals surface area contributed by atoms with Crippen LogP contribution in [0.3, 0.4) is 0 Å². The van der Waals surface area contributed by atoms with Gasteiger partial charge in [-0.1, -0.05) is 13.5 Å². The number of nitrogens with one attached hydrogen (secondary N) is 1. The fraction of sp³-hybridized carbons (Fsp3) is 0.407. The number of hydrogen-bond donors (Lipinski definition) is 1. The van der Waals surface area contributed by atoms with Crippen LogP contribution in [0.4, 0.5) is 17.5 Å². The molecule has 1 N–H and O–H groups in total. The highest BCUT2D eigenvalue weighted by Gasteiger charge is 2.26. The molecule has 0 bridgehead atoms. The number of aryl methyl sites for hydroxylation is 1. The number of fused-ring (bicyclic) bond motifs is 1. The Morgan fingerprint density at radius 1 is 1.08 bits per heavy atom. The Labute approximate surface area is 210 Å². The maximum Gasteiger partial charge on any atom is 0.299 e. The van der Waals surface area contributed by atoms with Crippen LogP contribution in [0, 0.1) is 12.8 Å². The monoisotopic (exact) mass is 485 g/mol. The van der Waals surface area contributed by atoms with Gasteiger partial charge < -0.3 is 24.0 Å². The number of pyridine rings is 2. The van der Waals surface area contributed by atoms with Crippen LogP contribution in [0.5, 0.6) is 0 Å². The molecule has 4 aromatic rings. The van der Waals surface area contributed by atoms with Gasteiger partial charge in [0.05, 0.1) is 11.4 Å². The number of anilines is 3. The minimum atomic E-state index is 0.530. The van der Waals surface area contributed by atoms with Crippen LogP contribution in [0.1, 0.15) is 44.0 Å². The molecule has 1 atom stereocenters. The van der Waals surface area contributed by atoms with Gasteiger partial charge in [-0.2, -0.15) is 4.98 Å². The molecule has 186 valence electrons. The molecule has 0 radical (unpaired) electrons. The summed E-state index contributed by atoms with van der Waals surface area (Å²) < 4.78 is 11.9. The van der Waals surface area contributed by atoms with E-state index in [0.29, 0.717) is 40.4 Å². The van der Waals surface area contributed by atoms with Crippen LogP contribution in [-0.4, -0.2) is 46.1 Å². The topological polar surface area (TPSA) is 96.4 Å². The fourth-order valence-electron chi connectivity index (χ4n) is 4.97. The molecule has 0 aliphatic carbocycles. The lowest BCUT2D eigenvalue weighted by Gasteiger charge is -2.24. The van der Waals surface area contributed by atoms with E-state index in [2.05, 4.69) is 38.6 Å². The smallest absolute Gasteiger partial charge is 0.299 e. The molecule has 9 nitrogen and oxygen atoms in total. The van der Waals surface area contributed by atoms with Crippen molar-refractivity contribution < 1.29 is 8.83 Å². The third-order valence-corrected chi connectivity index (χ3v) is 6.94. The summed E-state index contributed by atoms with van der Waals surface area (Å²) in [7, 11) is 0. The minimum absolute atomic E-state index is 0.530. The molecular formula is C27H31N7O2. The average molecular weight is 486 g/mol. The van der Waals surface area contributed by atoms with Gasteiger partial charge in [0.1, 0.15) is 12.0 Å². The molecule has 0 aromatic carbocycles. The lowest BCUT2D eigenvalue weighted by molar-refractivity contribution is 0.509. The lowest BCUT2D eigenvalue weighted by atomic mass is 10.1. The molecule has 0 spiro atoms. The van der Waals surface area contributed by atoms with Crippen molar-refractivity contribution in [1.82, 2.24) is 19.9 Å². The maximum absolute atomic E-state index is 6.17. The third kappa shape index (κ3) is 4.41. The van der Waals surface area contributed by atoms with E-state index in [9.17, 15) is 0 Å². The standard InChI is InChI=1S/C27H31N7O2/c1-17-8-12-34(15-17)25-21(14-23-24(31-25)32-27(36-23)33-10-5-4-6-11-33)29-19(3)22-16-35-26(30-22)20-7-9-28-18(2)13-20/h7,9,13-14,16-17,29H,3-6,8,10-12,15H2,1-2H3/t17-/m0/s1. The van der Waals surface area contributed by atoms with Gasteiger partial charge in [0.15, 0.2) is 11.4 Å². The summed E-state index contributed by atoms with van der Waals surface area (Å²) in [5.41, 5.74) is 5.17. The molecule has 36 heavy (non-hydrogen) atoms. The van der Waals surface area contributed by atoms with E-state index in [4.69, 9.17) is 18.8 Å². The highest BCUT2D eigenvalue weighted by Crippen LogP contribution is 2.35. The number of aromatic nitrogens is 4. The van der Waals surface area contributed by atoms with Gasteiger partial charge in [-0.15, -0.1) is 0 Å². The van der Waals surface area contributed by atoms with Gasteiger partial charge in [-0.05, 0) is 50.7 Å². The summed E-state index contributed by atoms with van der Waals surface area (Å²) in [6.07, 6.45) is 8.08. The van der Waals surface area contributed by atoms with Crippen LogP contribution >= 0.6 is 0 Å². The summed E-state index contributed by atoms with van der Waals surface area (Å²) in [5.74, 6) is 2.00. The predicted molar refractivity (Wildman–Crippen MR) is 141 cm³/mol. The summed E-state index contributed by atoms with van der Waals surface area (Å²) in [6, 6.07) is 6.47. The van der Waals surface area contributed by atoms with Gasteiger partial charge in [0.25, 0.3) is 6.01 Å². The SMILES string of the molecule is C=C(Nc1cc2oc(N3CCCCC3)nc2nc1N1CC[C@H](C)C1)c1coc(-c2ccnc(C)c2)n1. The van der Waals surface area contributed by atoms with Crippen molar-refractivity contribution in [2.75, 3.05) is 41.3 Å². The van der Waals surface area contributed by atoms with Crippen molar-refractivity contribution in [2.24, 2.45) is 5.92 Å². The second kappa shape index (κ2) is 9.29. The van der Waals surface area contributed by atoms with E-state index in [0.717, 1.165) is 68.2 Å². The Morgan fingerprint density at radius 3 is 2.72 bits per heavy atom. The van der Waals surface area contributed by atoms with Crippen LogP contribution in [0.2, 0.25) is 0 Å². The van der Waals surface area contributed by atoms with Gasteiger partial charge in [0, 0.05) is 49.7 Å². The van der Waals surface area contributed by atoms with E-state index >= 15 is 0 Å². The molecular weight excluding hydrogens is 454 g/mol. The molecule has 4 aromatic heterocycles. The summed E-state index contributed by atoms with van der Waals surface area (Å²) in [4.78, 5) is 23.1. The van der Waals surface area contributed by atoms with Crippen LogP contribution in [-0.2, 0) is 0 Å². The van der Waals surface area contributed by atoms with Gasteiger partial charge >= 0.3 is 0 Å². The average Bonchev–Trinajstić information content (AvgIpc) is 3.63. The van der Waals surface area contributed by atoms with Crippen molar-refractivity contribution in [3.05, 3.63) is 48.6 Å². The summed E-state index contributed by atoms with van der Waals surface area (Å²) in [6.45, 7) is 12.3. The van der Waals surface area contributed by atoms with E-state index in [1.165, 1.54) is 6.42 Å². The molecule has 2 aliphatic rings. The van der Waals surface area contributed by atoms with E-state index in [1.54, 1.807) is 12.5 Å². The highest BCUT2D eigenvalue weighted by molar-refractivity contribution is 5.87. The normalized spacial score (nSPS) is 18.2. The first-order chi connectivity index (χ1) is 17.5. The van der Waals surface area contributed by atoms with Crippen LogP contribution in [0.25, 0.3) is 28.4 Å². The molecule has 0 amide bonds. The number of nitrogens with zero attached hydrogens (tertiary/aromatic N) is 6. The van der Waals surface area contributed by atoms with E-state index < -0.39 is 0 Å². The molecule has 6 rings (SSSR count). The van der Waals surface area contributed by atoms with Gasteiger partial charge in [0.2, 0.25) is 11.5 Å². The molecule has 6 heterocycles. The zero-order valence-electron chi connectivity index (χ0n) is 20.8. The fourth-order valence-corrected chi connectivity index (χ4v) is 4.97. The predicted octanol–water partition coefficient (Wildman–Crippen LogP) is 5.50. The van der Waals surface area contributed by atoms with Crippen molar-refractivity contribution in [3.63, 3.8) is 0 Å². The lowest BCUT2D eigenvalue weighted by Crippen LogP contribution is -2.29. The Morgan fingerprint density at radius 2 is 1.94 bits per heavy atom. The first-order valence-electron chi connectivity index (χ1n) is 12.7. The van der Waals surface area contributed by atoms with Crippen molar-refractivity contribution >= 4 is 34.4 Å². The number of hydrogen-bond acceptors (Lipinski definition) is 9. The summed E-state index contributed by atoms with van der Waals surface area (Å²) >= 11 is 0. The first-order valence-corrected chi connectivity index (χ1v) is 12.7. The van der Waals surface area contributed by atoms with E-state index in [1.807, 2.05) is 25.1 Å². The second-order valence-corrected chi connectivity index (χ2v) is 9.89. The quantitative estimate of drug-likeness (QED) is 0.380. The highest BCUT2D eigenvalue weighted by atomic mass is 16.4. The summed E-state index contributed by atoms with van der Waals surface area (Å²) in [5, 5.41) is 3.44. The van der Waals surface area contributed by atoms with Gasteiger partial charge in [-0.25, -0.2) is 9.97 Å². The zero-order chi connectivity index (χ0) is 24.6.